The molecule has 4 rings (SSSR count). The van der Waals surface area contributed by atoms with E-state index >= 15 is 0 Å². The number of aromatic nitrogens is 4. The summed E-state index contributed by atoms with van der Waals surface area (Å²) in [5, 5.41) is 14.7. The Hall–Kier alpha value is -2.76. The van der Waals surface area contributed by atoms with Crippen molar-refractivity contribution in [2.45, 2.75) is 41.6 Å². The number of benzene rings is 2. The van der Waals surface area contributed by atoms with Crippen molar-refractivity contribution in [1.82, 2.24) is 24.5 Å². The fourth-order valence-corrected chi connectivity index (χ4v) is 5.69. The van der Waals surface area contributed by atoms with Crippen LogP contribution in [-0.4, -0.2) is 57.2 Å². The number of anilines is 1. The van der Waals surface area contributed by atoms with Crippen LogP contribution in [0.1, 0.15) is 25.3 Å². The molecule has 1 fully saturated rings. The van der Waals surface area contributed by atoms with Gasteiger partial charge in [0.05, 0.1) is 16.7 Å². The van der Waals surface area contributed by atoms with Crippen LogP contribution in [0, 0.1) is 0 Å². The first-order chi connectivity index (χ1) is 15.4. The van der Waals surface area contributed by atoms with Crippen LogP contribution in [0.4, 0.5) is 5.69 Å². The van der Waals surface area contributed by atoms with Gasteiger partial charge in [-0.15, -0.1) is 5.10 Å². The first-order valence-corrected chi connectivity index (χ1v) is 12.6. The highest BCUT2D eigenvalue weighted by molar-refractivity contribution is 8.00. The van der Waals surface area contributed by atoms with Crippen molar-refractivity contribution in [3.8, 4) is 0 Å². The Kier molecular flexibility index (Phi) is 6.87. The van der Waals surface area contributed by atoms with Gasteiger partial charge in [-0.2, -0.15) is 4.31 Å². The van der Waals surface area contributed by atoms with Crippen LogP contribution in [-0.2, 0) is 21.4 Å². The van der Waals surface area contributed by atoms with E-state index in [2.05, 4.69) is 20.8 Å². The molecule has 1 aliphatic heterocycles. The lowest BCUT2D eigenvalue weighted by molar-refractivity contribution is -0.115. The molecule has 1 amide bonds. The molecule has 2 aromatic carbocycles. The Morgan fingerprint density at radius 2 is 1.78 bits per heavy atom. The lowest BCUT2D eigenvalue weighted by atomic mass is 10.2. The van der Waals surface area contributed by atoms with Crippen LogP contribution in [0.3, 0.4) is 0 Å². The number of carbonyl (C=O) groups is 1. The third kappa shape index (κ3) is 5.17. The van der Waals surface area contributed by atoms with E-state index in [1.807, 2.05) is 30.3 Å². The summed E-state index contributed by atoms with van der Waals surface area (Å²) in [7, 11) is -3.47. The molecule has 32 heavy (non-hydrogen) atoms. The van der Waals surface area contributed by atoms with Gasteiger partial charge in [0.25, 0.3) is 0 Å². The summed E-state index contributed by atoms with van der Waals surface area (Å²) in [6, 6.07) is 16.1. The van der Waals surface area contributed by atoms with Crippen molar-refractivity contribution in [1.29, 1.82) is 0 Å². The average Bonchev–Trinajstić information content (AvgIpc) is 3.48. The highest BCUT2D eigenvalue weighted by Crippen LogP contribution is 2.24. The van der Waals surface area contributed by atoms with Gasteiger partial charge in [-0.3, -0.25) is 4.79 Å². The Morgan fingerprint density at radius 3 is 2.47 bits per heavy atom. The minimum absolute atomic E-state index is 0.223. The summed E-state index contributed by atoms with van der Waals surface area (Å²) in [6.07, 6.45) is 1.77. The molecule has 9 nitrogen and oxygen atoms in total. The molecule has 0 unspecified atom stereocenters. The van der Waals surface area contributed by atoms with Crippen LogP contribution < -0.4 is 5.32 Å². The molecule has 1 saturated heterocycles. The number of thioether (sulfide) groups is 1. The molecule has 3 aromatic rings. The molecule has 1 atom stereocenters. The van der Waals surface area contributed by atoms with Gasteiger partial charge in [-0.1, -0.05) is 42.1 Å². The predicted molar refractivity (Wildman–Crippen MR) is 122 cm³/mol. The summed E-state index contributed by atoms with van der Waals surface area (Å²) < 4.78 is 28.4. The third-order valence-corrected chi connectivity index (χ3v) is 8.13. The number of carbonyl (C=O) groups excluding carboxylic acids is 1. The minimum atomic E-state index is -3.47. The molecule has 11 heteroatoms. The van der Waals surface area contributed by atoms with Gasteiger partial charge in [0.1, 0.15) is 0 Å². The fourth-order valence-electron chi connectivity index (χ4n) is 3.38. The monoisotopic (exact) mass is 472 g/mol. The van der Waals surface area contributed by atoms with Crippen LogP contribution in [0.25, 0.3) is 0 Å². The second-order valence-corrected chi connectivity index (χ2v) is 10.7. The molecule has 168 valence electrons. The highest BCUT2D eigenvalue weighted by Gasteiger charge is 2.27. The number of amides is 1. The number of hydrogen-bond donors (Lipinski definition) is 1. The summed E-state index contributed by atoms with van der Waals surface area (Å²) >= 11 is 1.26. The van der Waals surface area contributed by atoms with Gasteiger partial charge in [0.2, 0.25) is 21.1 Å². The maximum absolute atomic E-state index is 12.7. The number of nitrogens with zero attached hydrogens (tertiary/aromatic N) is 5. The quantitative estimate of drug-likeness (QED) is 0.502. The lowest BCUT2D eigenvalue weighted by Gasteiger charge is -2.16. The highest BCUT2D eigenvalue weighted by atomic mass is 32.2. The molecule has 0 aliphatic carbocycles. The molecular formula is C21H24N6O3S2. The maximum atomic E-state index is 12.7. The zero-order valence-electron chi connectivity index (χ0n) is 17.6. The smallest absolute Gasteiger partial charge is 0.243 e. The molecule has 2 heterocycles. The van der Waals surface area contributed by atoms with Crippen molar-refractivity contribution in [3.05, 3.63) is 60.2 Å². The van der Waals surface area contributed by atoms with E-state index in [0.717, 1.165) is 18.4 Å². The maximum Gasteiger partial charge on any atom is 0.243 e. The van der Waals surface area contributed by atoms with Crippen molar-refractivity contribution in [3.63, 3.8) is 0 Å². The first kappa shape index (κ1) is 22.4. The number of sulfonamides is 1. The van der Waals surface area contributed by atoms with Crippen LogP contribution in [0.15, 0.2) is 64.6 Å². The van der Waals surface area contributed by atoms with Gasteiger partial charge in [-0.05, 0) is 60.0 Å². The number of tetrazole rings is 1. The van der Waals surface area contributed by atoms with Crippen LogP contribution >= 0.6 is 11.8 Å². The van der Waals surface area contributed by atoms with Crippen molar-refractivity contribution < 1.29 is 13.2 Å². The van der Waals surface area contributed by atoms with Gasteiger partial charge in [0, 0.05) is 18.8 Å². The number of nitrogens with one attached hydrogen (secondary N) is 1. The summed E-state index contributed by atoms with van der Waals surface area (Å²) in [4.78, 5) is 12.9. The van der Waals surface area contributed by atoms with E-state index in [4.69, 9.17) is 0 Å². The molecule has 1 aromatic heterocycles. The van der Waals surface area contributed by atoms with Crippen molar-refractivity contribution >= 4 is 33.4 Å². The Labute approximate surface area is 191 Å². The standard InChI is InChI=1S/C21H24N6O3S2/c1-16(31-21-23-24-25-27(21)15-17-7-3-2-4-8-17)20(28)22-18-9-11-19(12-10-18)32(29,30)26-13-5-6-14-26/h2-4,7-12,16H,5-6,13-15H2,1H3,(H,22,28)/t16-/m0/s1. The van der Waals surface area contributed by atoms with E-state index in [9.17, 15) is 13.2 Å². The molecule has 0 saturated carbocycles. The van der Waals surface area contributed by atoms with Crippen molar-refractivity contribution in [2.24, 2.45) is 0 Å². The van der Waals surface area contributed by atoms with E-state index in [0.29, 0.717) is 30.5 Å². The molecule has 0 bridgehead atoms. The topological polar surface area (TPSA) is 110 Å². The molecule has 0 radical (unpaired) electrons. The fraction of sp³-hybridized carbons (Fsp3) is 0.333. The van der Waals surface area contributed by atoms with Gasteiger partial charge >= 0.3 is 0 Å². The normalized spacial score (nSPS) is 15.5. The van der Waals surface area contributed by atoms with Crippen molar-refractivity contribution in [2.75, 3.05) is 18.4 Å². The third-order valence-electron chi connectivity index (χ3n) is 5.15. The largest absolute Gasteiger partial charge is 0.325 e. The molecule has 1 aliphatic rings. The molecular weight excluding hydrogens is 448 g/mol. The van der Waals surface area contributed by atoms with E-state index in [1.165, 1.54) is 28.2 Å². The second kappa shape index (κ2) is 9.80. The van der Waals surface area contributed by atoms with Gasteiger partial charge in [-0.25, -0.2) is 13.1 Å². The minimum Gasteiger partial charge on any atom is -0.325 e. The SMILES string of the molecule is C[C@H](Sc1nnnn1Cc1ccccc1)C(=O)Nc1ccc(S(=O)(=O)N2CCCC2)cc1. The van der Waals surface area contributed by atoms with Gasteiger partial charge < -0.3 is 5.32 Å². The second-order valence-electron chi connectivity index (χ2n) is 7.49. The Bertz CT molecular complexity index is 1160. The first-order valence-electron chi connectivity index (χ1n) is 10.3. The zero-order chi connectivity index (χ0) is 22.6. The van der Waals surface area contributed by atoms with E-state index in [1.54, 1.807) is 23.7 Å². The Morgan fingerprint density at radius 1 is 1.09 bits per heavy atom. The number of hydrogen-bond acceptors (Lipinski definition) is 7. The molecule has 1 N–H and O–H groups in total. The van der Waals surface area contributed by atoms with E-state index in [-0.39, 0.29) is 10.8 Å². The predicted octanol–water partition coefficient (Wildman–Crippen LogP) is 2.63. The lowest BCUT2D eigenvalue weighted by Crippen LogP contribution is -2.27. The molecule has 0 spiro atoms. The summed E-state index contributed by atoms with van der Waals surface area (Å²) in [5.74, 6) is -0.223. The summed E-state index contributed by atoms with van der Waals surface area (Å²) in [5.41, 5.74) is 1.59. The van der Waals surface area contributed by atoms with Crippen LogP contribution in [0.2, 0.25) is 0 Å². The summed E-state index contributed by atoms with van der Waals surface area (Å²) in [6.45, 7) is 3.39. The zero-order valence-corrected chi connectivity index (χ0v) is 19.2. The van der Waals surface area contributed by atoms with E-state index < -0.39 is 15.3 Å². The number of rotatable bonds is 8. The van der Waals surface area contributed by atoms with Crippen LogP contribution in [0.5, 0.6) is 0 Å². The average molecular weight is 473 g/mol. The Balaban J connectivity index is 1.37. The van der Waals surface area contributed by atoms with Gasteiger partial charge in [0.15, 0.2) is 0 Å².